The minimum atomic E-state index is 0.591. The average Bonchev–Trinajstić information content (AvgIpc) is 3.09. The molecule has 118 valence electrons. The van der Waals surface area contributed by atoms with Crippen molar-refractivity contribution in [3.63, 3.8) is 0 Å². The summed E-state index contributed by atoms with van der Waals surface area (Å²) in [5.74, 6) is 2.39. The highest BCUT2D eigenvalue weighted by Crippen LogP contribution is 2.25. The molecule has 0 radical (unpaired) electrons. The predicted molar refractivity (Wildman–Crippen MR) is 91.9 cm³/mol. The third-order valence-corrected chi connectivity index (χ3v) is 3.68. The van der Waals surface area contributed by atoms with Gasteiger partial charge in [0, 0.05) is 11.8 Å². The highest BCUT2D eigenvalue weighted by atomic mass is 16.3. The molecule has 0 saturated carbocycles. The lowest BCUT2D eigenvalue weighted by Gasteiger charge is -2.14. The van der Waals surface area contributed by atoms with E-state index in [9.17, 15) is 0 Å². The molecule has 3 aromatic rings. The average molecular weight is 308 g/mol. The summed E-state index contributed by atoms with van der Waals surface area (Å²) in [7, 11) is 0. The first-order chi connectivity index (χ1) is 11.3. The summed E-state index contributed by atoms with van der Waals surface area (Å²) >= 11 is 0. The predicted octanol–water partition coefficient (Wildman–Crippen LogP) is 4.30. The minimum Gasteiger partial charge on any atom is -0.467 e. The maximum atomic E-state index is 5.31. The number of benzene rings is 1. The van der Waals surface area contributed by atoms with E-state index in [0.29, 0.717) is 6.54 Å². The second-order valence-corrected chi connectivity index (χ2v) is 5.31. The Morgan fingerprint density at radius 2 is 1.96 bits per heavy atom. The second kappa shape index (κ2) is 6.96. The monoisotopic (exact) mass is 308 g/mol. The normalized spacial score (nSPS) is 10.5. The number of para-hydroxylation sites is 1. The number of nitrogens with zero attached hydrogens (tertiary/aromatic N) is 2. The lowest BCUT2D eigenvalue weighted by Crippen LogP contribution is -2.04. The standard InChI is InChI=1S/C18H20N4O/c1-3-14-7-4-6-13(2)18(14)22-17-10-16(20-12-21-17)19-11-15-8-5-9-23-15/h4-10,12H,3,11H2,1-2H3,(H2,19,20,21,22). The van der Waals surface area contributed by atoms with Crippen molar-refractivity contribution in [3.05, 3.63) is 65.9 Å². The molecule has 0 unspecified atom stereocenters. The summed E-state index contributed by atoms with van der Waals surface area (Å²) < 4.78 is 5.31. The van der Waals surface area contributed by atoms with Gasteiger partial charge in [-0.2, -0.15) is 0 Å². The van der Waals surface area contributed by atoms with E-state index in [2.05, 4.69) is 52.6 Å². The Bertz CT molecular complexity index is 768. The molecule has 0 bridgehead atoms. The van der Waals surface area contributed by atoms with E-state index < -0.39 is 0 Å². The van der Waals surface area contributed by atoms with Gasteiger partial charge >= 0.3 is 0 Å². The Balaban J connectivity index is 1.75. The van der Waals surface area contributed by atoms with Crippen molar-refractivity contribution in [2.24, 2.45) is 0 Å². The molecular formula is C18H20N4O. The van der Waals surface area contributed by atoms with Crippen LogP contribution in [0.15, 0.2) is 53.4 Å². The summed E-state index contributed by atoms with van der Waals surface area (Å²) in [4.78, 5) is 8.55. The molecule has 0 spiro atoms. The van der Waals surface area contributed by atoms with Crippen LogP contribution in [-0.2, 0) is 13.0 Å². The van der Waals surface area contributed by atoms with Crippen molar-refractivity contribution >= 4 is 17.3 Å². The van der Waals surface area contributed by atoms with Crippen molar-refractivity contribution < 1.29 is 4.42 Å². The molecule has 2 heterocycles. The number of hydrogen-bond donors (Lipinski definition) is 2. The number of aromatic nitrogens is 2. The van der Waals surface area contributed by atoms with E-state index in [0.717, 1.165) is 29.5 Å². The quantitative estimate of drug-likeness (QED) is 0.711. The van der Waals surface area contributed by atoms with Gasteiger partial charge in [-0.15, -0.1) is 0 Å². The van der Waals surface area contributed by atoms with Crippen LogP contribution in [0.3, 0.4) is 0 Å². The van der Waals surface area contributed by atoms with Crippen LogP contribution >= 0.6 is 0 Å². The number of hydrogen-bond acceptors (Lipinski definition) is 5. The maximum absolute atomic E-state index is 5.31. The lowest BCUT2D eigenvalue weighted by atomic mass is 10.1. The van der Waals surface area contributed by atoms with Gasteiger partial charge in [0.1, 0.15) is 23.7 Å². The molecule has 0 saturated heterocycles. The molecular weight excluding hydrogens is 288 g/mol. The summed E-state index contributed by atoms with van der Waals surface area (Å²) in [5, 5.41) is 6.64. The molecule has 3 rings (SSSR count). The Labute approximate surface area is 135 Å². The maximum Gasteiger partial charge on any atom is 0.135 e. The molecule has 2 N–H and O–H groups in total. The van der Waals surface area contributed by atoms with Gasteiger partial charge in [-0.3, -0.25) is 0 Å². The molecule has 5 nitrogen and oxygen atoms in total. The number of nitrogens with one attached hydrogen (secondary N) is 2. The highest BCUT2D eigenvalue weighted by Gasteiger charge is 2.06. The van der Waals surface area contributed by atoms with Crippen molar-refractivity contribution in [1.82, 2.24) is 9.97 Å². The van der Waals surface area contributed by atoms with Crippen LogP contribution in [0.25, 0.3) is 0 Å². The van der Waals surface area contributed by atoms with E-state index in [1.807, 2.05) is 18.2 Å². The zero-order valence-corrected chi connectivity index (χ0v) is 13.3. The summed E-state index contributed by atoms with van der Waals surface area (Å²) in [6.07, 6.45) is 4.18. The second-order valence-electron chi connectivity index (χ2n) is 5.31. The van der Waals surface area contributed by atoms with Gasteiger partial charge < -0.3 is 15.1 Å². The molecule has 5 heteroatoms. The third kappa shape index (κ3) is 3.69. The van der Waals surface area contributed by atoms with E-state index in [1.165, 1.54) is 11.1 Å². The highest BCUT2D eigenvalue weighted by molar-refractivity contribution is 5.66. The molecule has 0 aliphatic heterocycles. The summed E-state index contributed by atoms with van der Waals surface area (Å²) in [6.45, 7) is 4.84. The first-order valence-corrected chi connectivity index (χ1v) is 7.70. The van der Waals surface area contributed by atoms with Crippen LogP contribution in [0.2, 0.25) is 0 Å². The van der Waals surface area contributed by atoms with Crippen LogP contribution < -0.4 is 10.6 Å². The van der Waals surface area contributed by atoms with Gasteiger partial charge in [-0.05, 0) is 36.6 Å². The van der Waals surface area contributed by atoms with Crippen molar-refractivity contribution in [3.8, 4) is 0 Å². The minimum absolute atomic E-state index is 0.591. The fourth-order valence-corrected chi connectivity index (χ4v) is 2.44. The van der Waals surface area contributed by atoms with Crippen LogP contribution in [0.1, 0.15) is 23.8 Å². The lowest BCUT2D eigenvalue weighted by molar-refractivity contribution is 0.518. The number of anilines is 3. The topological polar surface area (TPSA) is 63.0 Å². The van der Waals surface area contributed by atoms with Crippen molar-refractivity contribution in [2.75, 3.05) is 10.6 Å². The van der Waals surface area contributed by atoms with Gasteiger partial charge in [0.15, 0.2) is 0 Å². The van der Waals surface area contributed by atoms with Crippen LogP contribution in [0.5, 0.6) is 0 Å². The molecule has 0 aliphatic carbocycles. The molecule has 0 amide bonds. The zero-order valence-electron chi connectivity index (χ0n) is 13.3. The Kier molecular flexibility index (Phi) is 4.57. The van der Waals surface area contributed by atoms with Gasteiger partial charge in [-0.1, -0.05) is 25.1 Å². The van der Waals surface area contributed by atoms with Crippen LogP contribution in [-0.4, -0.2) is 9.97 Å². The molecule has 0 aliphatic rings. The van der Waals surface area contributed by atoms with Crippen molar-refractivity contribution in [2.45, 2.75) is 26.8 Å². The SMILES string of the molecule is CCc1cccc(C)c1Nc1cc(NCc2ccco2)ncn1. The Morgan fingerprint density at radius 1 is 1.09 bits per heavy atom. The number of aryl methyl sites for hydroxylation is 2. The van der Waals surface area contributed by atoms with Gasteiger partial charge in [0.2, 0.25) is 0 Å². The van der Waals surface area contributed by atoms with E-state index in [-0.39, 0.29) is 0 Å². The Hall–Kier alpha value is -2.82. The third-order valence-electron chi connectivity index (χ3n) is 3.68. The fraction of sp³-hybridized carbons (Fsp3) is 0.222. The smallest absolute Gasteiger partial charge is 0.135 e. The fourth-order valence-electron chi connectivity index (χ4n) is 2.44. The van der Waals surface area contributed by atoms with Gasteiger partial charge in [-0.25, -0.2) is 9.97 Å². The molecule has 0 atom stereocenters. The Morgan fingerprint density at radius 3 is 2.74 bits per heavy atom. The van der Waals surface area contributed by atoms with Crippen LogP contribution in [0.4, 0.5) is 17.3 Å². The van der Waals surface area contributed by atoms with Gasteiger partial charge in [0.25, 0.3) is 0 Å². The summed E-state index contributed by atoms with van der Waals surface area (Å²) in [5.41, 5.74) is 3.59. The van der Waals surface area contributed by atoms with Gasteiger partial charge in [0.05, 0.1) is 12.8 Å². The van der Waals surface area contributed by atoms with Crippen LogP contribution in [0, 0.1) is 6.92 Å². The molecule has 23 heavy (non-hydrogen) atoms. The van der Waals surface area contributed by atoms with Crippen molar-refractivity contribution in [1.29, 1.82) is 0 Å². The van der Waals surface area contributed by atoms with E-state index in [4.69, 9.17) is 4.42 Å². The number of rotatable bonds is 6. The summed E-state index contributed by atoms with van der Waals surface area (Å²) in [6, 6.07) is 12.0. The molecule has 2 aromatic heterocycles. The largest absolute Gasteiger partial charge is 0.467 e. The van der Waals surface area contributed by atoms with E-state index >= 15 is 0 Å². The van der Waals surface area contributed by atoms with E-state index in [1.54, 1.807) is 12.6 Å². The first kappa shape index (κ1) is 15.1. The molecule has 0 fully saturated rings. The number of furan rings is 1. The zero-order chi connectivity index (χ0) is 16.1. The first-order valence-electron chi connectivity index (χ1n) is 7.70. The molecule has 1 aromatic carbocycles.